The lowest BCUT2D eigenvalue weighted by Crippen LogP contribution is -2.46. The van der Waals surface area contributed by atoms with Crippen molar-refractivity contribution in [2.75, 3.05) is 13.1 Å². The fraction of sp³-hybridized carbons (Fsp3) is 0.611. The molecule has 0 unspecified atom stereocenters. The molecule has 1 aliphatic heterocycles. The third kappa shape index (κ3) is 4.84. The Morgan fingerprint density at radius 1 is 1.32 bits per heavy atom. The highest BCUT2D eigenvalue weighted by molar-refractivity contribution is 5.96. The second kappa shape index (κ2) is 8.18. The number of furan rings is 1. The highest BCUT2D eigenvalue weighted by atomic mass is 16.4. The zero-order valence-electron chi connectivity index (χ0n) is 15.0. The van der Waals surface area contributed by atoms with E-state index in [9.17, 15) is 14.4 Å². The molecule has 2 heterocycles. The van der Waals surface area contributed by atoms with Crippen LogP contribution in [0, 0.1) is 5.92 Å². The van der Waals surface area contributed by atoms with Crippen molar-refractivity contribution in [1.29, 1.82) is 0 Å². The maximum absolute atomic E-state index is 12.3. The molecule has 0 radical (unpaired) electrons. The summed E-state index contributed by atoms with van der Waals surface area (Å²) in [6, 6.07) is 1.23. The van der Waals surface area contributed by atoms with E-state index in [1.54, 1.807) is 6.92 Å². The number of piperidine rings is 1. The van der Waals surface area contributed by atoms with Gasteiger partial charge in [-0.25, -0.2) is 4.79 Å². The van der Waals surface area contributed by atoms with Gasteiger partial charge >= 0.3 is 5.97 Å². The largest absolute Gasteiger partial charge is 0.478 e. The van der Waals surface area contributed by atoms with Gasteiger partial charge in [0.15, 0.2) is 5.76 Å². The standard InChI is InChI=1S/C18H26N2O5/c1-4-14-13(18(23)24)10-15(25-14)17(22)19-12-5-7-20(8-6-12)16(21)9-11(2)3/h10-12H,4-9H2,1-3H3,(H,19,22)(H,23,24). The summed E-state index contributed by atoms with van der Waals surface area (Å²) in [5, 5.41) is 12.0. The Morgan fingerprint density at radius 3 is 2.44 bits per heavy atom. The molecule has 0 aliphatic carbocycles. The van der Waals surface area contributed by atoms with Gasteiger partial charge in [0.25, 0.3) is 5.91 Å². The maximum atomic E-state index is 12.3. The highest BCUT2D eigenvalue weighted by Gasteiger charge is 2.26. The number of likely N-dealkylation sites (tertiary alicyclic amines) is 1. The van der Waals surface area contributed by atoms with Crippen LogP contribution in [0.2, 0.25) is 0 Å². The van der Waals surface area contributed by atoms with Crippen molar-refractivity contribution in [1.82, 2.24) is 10.2 Å². The van der Waals surface area contributed by atoms with Crippen molar-refractivity contribution in [3.05, 3.63) is 23.2 Å². The number of hydrogen-bond acceptors (Lipinski definition) is 4. The summed E-state index contributed by atoms with van der Waals surface area (Å²) in [6.45, 7) is 7.05. The van der Waals surface area contributed by atoms with Crippen LogP contribution in [0.15, 0.2) is 10.5 Å². The molecule has 2 rings (SSSR count). The average Bonchev–Trinajstić information content (AvgIpc) is 2.99. The van der Waals surface area contributed by atoms with E-state index < -0.39 is 11.9 Å². The Balaban J connectivity index is 1.90. The van der Waals surface area contributed by atoms with E-state index >= 15 is 0 Å². The van der Waals surface area contributed by atoms with E-state index in [0.29, 0.717) is 50.5 Å². The van der Waals surface area contributed by atoms with Crippen LogP contribution in [-0.2, 0) is 11.2 Å². The predicted octanol–water partition coefficient (Wildman–Crippen LogP) is 2.31. The molecule has 138 valence electrons. The van der Waals surface area contributed by atoms with Gasteiger partial charge in [0.2, 0.25) is 5.91 Å². The summed E-state index contributed by atoms with van der Waals surface area (Å²) in [5.74, 6) is -0.699. The summed E-state index contributed by atoms with van der Waals surface area (Å²) in [6.07, 6.45) is 2.32. The molecule has 7 heteroatoms. The van der Waals surface area contributed by atoms with Crippen LogP contribution in [0.4, 0.5) is 0 Å². The summed E-state index contributed by atoms with van der Waals surface area (Å²) in [4.78, 5) is 37.4. The van der Waals surface area contributed by atoms with E-state index in [1.165, 1.54) is 6.07 Å². The predicted molar refractivity (Wildman–Crippen MR) is 91.6 cm³/mol. The zero-order chi connectivity index (χ0) is 18.6. The minimum atomic E-state index is -1.10. The van der Waals surface area contributed by atoms with Crippen molar-refractivity contribution in [3.63, 3.8) is 0 Å². The first-order valence-electron chi connectivity index (χ1n) is 8.76. The van der Waals surface area contributed by atoms with Gasteiger partial charge in [-0.2, -0.15) is 0 Å². The molecule has 1 aromatic heterocycles. The van der Waals surface area contributed by atoms with Crippen LogP contribution in [0.25, 0.3) is 0 Å². The van der Waals surface area contributed by atoms with Crippen LogP contribution < -0.4 is 5.32 Å². The molecule has 2 amide bonds. The Kier molecular flexibility index (Phi) is 6.22. The lowest BCUT2D eigenvalue weighted by atomic mass is 10.0. The molecule has 2 N–H and O–H groups in total. The van der Waals surface area contributed by atoms with Crippen molar-refractivity contribution in [3.8, 4) is 0 Å². The molecule has 1 aliphatic rings. The SMILES string of the molecule is CCc1oc(C(=O)NC2CCN(C(=O)CC(C)C)CC2)cc1C(=O)O. The Hall–Kier alpha value is -2.31. The van der Waals surface area contributed by atoms with Gasteiger partial charge in [-0.05, 0) is 18.8 Å². The smallest absolute Gasteiger partial charge is 0.339 e. The topological polar surface area (TPSA) is 99.9 Å². The van der Waals surface area contributed by atoms with Crippen molar-refractivity contribution in [2.45, 2.75) is 52.5 Å². The van der Waals surface area contributed by atoms with E-state index in [4.69, 9.17) is 9.52 Å². The van der Waals surface area contributed by atoms with Gasteiger partial charge in [0.05, 0.1) is 0 Å². The van der Waals surface area contributed by atoms with Crippen LogP contribution in [-0.4, -0.2) is 46.9 Å². The van der Waals surface area contributed by atoms with Crippen LogP contribution >= 0.6 is 0 Å². The number of nitrogens with zero attached hydrogens (tertiary/aromatic N) is 1. The molecule has 25 heavy (non-hydrogen) atoms. The van der Waals surface area contributed by atoms with Gasteiger partial charge in [-0.3, -0.25) is 9.59 Å². The van der Waals surface area contributed by atoms with Gasteiger partial charge in [-0.15, -0.1) is 0 Å². The lowest BCUT2D eigenvalue weighted by Gasteiger charge is -2.32. The second-order valence-corrected chi connectivity index (χ2v) is 6.83. The number of hydrogen-bond donors (Lipinski definition) is 2. The monoisotopic (exact) mass is 350 g/mol. The molecule has 1 fully saturated rings. The highest BCUT2D eigenvalue weighted by Crippen LogP contribution is 2.18. The molecule has 0 spiro atoms. The molecule has 0 atom stereocenters. The first kappa shape index (κ1) is 19.0. The molecular weight excluding hydrogens is 324 g/mol. The molecule has 0 saturated carbocycles. The number of amides is 2. The minimum Gasteiger partial charge on any atom is -0.478 e. The van der Waals surface area contributed by atoms with E-state index in [1.807, 2.05) is 18.7 Å². The Morgan fingerprint density at radius 2 is 1.96 bits per heavy atom. The first-order chi connectivity index (χ1) is 11.8. The summed E-state index contributed by atoms with van der Waals surface area (Å²) in [7, 11) is 0. The molecule has 7 nitrogen and oxygen atoms in total. The van der Waals surface area contributed by atoms with Crippen LogP contribution in [0.3, 0.4) is 0 Å². The molecular formula is C18H26N2O5. The van der Waals surface area contributed by atoms with E-state index in [2.05, 4.69) is 5.32 Å². The van der Waals surface area contributed by atoms with Gasteiger partial charge in [-0.1, -0.05) is 20.8 Å². The van der Waals surface area contributed by atoms with Gasteiger partial charge in [0, 0.05) is 38.0 Å². The Bertz CT molecular complexity index is 642. The number of carboxylic acid groups (broad SMARTS) is 1. The van der Waals surface area contributed by atoms with Crippen molar-refractivity contribution in [2.24, 2.45) is 5.92 Å². The number of carbonyl (C=O) groups is 3. The number of aromatic carboxylic acids is 1. The normalized spacial score (nSPS) is 15.4. The summed E-state index contributed by atoms with van der Waals surface area (Å²) >= 11 is 0. The van der Waals surface area contributed by atoms with Gasteiger partial charge < -0.3 is 19.7 Å². The molecule has 0 aromatic carbocycles. The quantitative estimate of drug-likeness (QED) is 0.820. The number of nitrogens with one attached hydrogen (secondary N) is 1. The third-order valence-electron chi connectivity index (χ3n) is 4.35. The second-order valence-electron chi connectivity index (χ2n) is 6.83. The van der Waals surface area contributed by atoms with E-state index in [0.717, 1.165) is 0 Å². The lowest BCUT2D eigenvalue weighted by molar-refractivity contribution is -0.133. The molecule has 1 saturated heterocycles. The van der Waals surface area contributed by atoms with Crippen molar-refractivity contribution >= 4 is 17.8 Å². The number of carbonyl (C=O) groups excluding carboxylic acids is 2. The van der Waals surface area contributed by atoms with Gasteiger partial charge in [0.1, 0.15) is 11.3 Å². The van der Waals surface area contributed by atoms with E-state index in [-0.39, 0.29) is 23.3 Å². The average molecular weight is 350 g/mol. The zero-order valence-corrected chi connectivity index (χ0v) is 15.0. The first-order valence-corrected chi connectivity index (χ1v) is 8.76. The Labute approximate surface area is 147 Å². The summed E-state index contributed by atoms with van der Waals surface area (Å²) < 4.78 is 5.37. The van der Waals surface area contributed by atoms with Crippen LogP contribution in [0.1, 0.15) is 66.7 Å². The molecule has 1 aromatic rings. The third-order valence-corrected chi connectivity index (χ3v) is 4.35. The maximum Gasteiger partial charge on any atom is 0.339 e. The van der Waals surface area contributed by atoms with Crippen molar-refractivity contribution < 1.29 is 23.9 Å². The van der Waals surface area contributed by atoms with Crippen LogP contribution in [0.5, 0.6) is 0 Å². The number of rotatable bonds is 6. The molecule has 0 bridgehead atoms. The summed E-state index contributed by atoms with van der Waals surface area (Å²) in [5.41, 5.74) is 0.0294. The minimum absolute atomic E-state index is 0.0209. The number of carboxylic acids is 1. The fourth-order valence-corrected chi connectivity index (χ4v) is 2.99. The fourth-order valence-electron chi connectivity index (χ4n) is 2.99. The number of aryl methyl sites for hydroxylation is 1.